The molecule has 0 saturated carbocycles. The second-order valence-corrected chi connectivity index (χ2v) is 2.59. The molecule has 0 heterocycles. The summed E-state index contributed by atoms with van der Waals surface area (Å²) < 4.78 is 0. The smallest absolute Gasteiger partial charge is 0.143 e. The van der Waals surface area contributed by atoms with Gasteiger partial charge in [-0.2, -0.15) is 0 Å². The van der Waals surface area contributed by atoms with Crippen LogP contribution in [0, 0.1) is 0 Å². The predicted octanol–water partition coefficient (Wildman–Crippen LogP) is 1.99. The van der Waals surface area contributed by atoms with Gasteiger partial charge in [0, 0.05) is 0 Å². The number of carbonyl (C=O) groups is 1. The van der Waals surface area contributed by atoms with Gasteiger partial charge in [0.2, 0.25) is 0 Å². The highest BCUT2D eigenvalue weighted by atomic mass is 16.1. The van der Waals surface area contributed by atoms with Crippen LogP contribution in [0.15, 0.2) is 0 Å². The van der Waals surface area contributed by atoms with Crippen LogP contribution in [0.25, 0.3) is 0 Å². The van der Waals surface area contributed by atoms with Crippen molar-refractivity contribution in [3.05, 3.63) is 0 Å². The second-order valence-electron chi connectivity index (χ2n) is 2.59. The van der Waals surface area contributed by atoms with Crippen LogP contribution in [0.4, 0.5) is 0 Å². The van der Waals surface area contributed by atoms with E-state index in [1.54, 1.807) is 6.92 Å². The Kier molecular flexibility index (Phi) is 14.8. The molecule has 0 aromatic rings. The van der Waals surface area contributed by atoms with Crippen LogP contribution >= 0.6 is 0 Å². The summed E-state index contributed by atoms with van der Waals surface area (Å²) in [7, 11) is 0. The fourth-order valence-corrected chi connectivity index (χ4v) is 0.441. The average Bonchev–Trinajstić information content (AvgIpc) is 1.89. The Morgan fingerprint density at radius 2 is 1.73 bits per heavy atom. The summed E-state index contributed by atoms with van der Waals surface area (Å²) in [6, 6.07) is 0. The molecule has 0 saturated heterocycles. The van der Waals surface area contributed by atoms with Gasteiger partial charge < -0.3 is 5.32 Å². The van der Waals surface area contributed by atoms with Crippen molar-refractivity contribution in [1.29, 1.82) is 0 Å². The van der Waals surface area contributed by atoms with Crippen LogP contribution < -0.4 is 5.32 Å². The van der Waals surface area contributed by atoms with Crippen molar-refractivity contribution in [1.82, 2.24) is 5.32 Å². The topological polar surface area (TPSA) is 29.1 Å². The fraction of sp³-hybridized carbons (Fsp3) is 0.889. The third-order valence-corrected chi connectivity index (χ3v) is 0.801. The Hall–Kier alpha value is -0.370. The molecule has 0 radical (unpaired) electrons. The lowest BCUT2D eigenvalue weighted by atomic mass is 10.4. The molecule has 11 heavy (non-hydrogen) atoms. The summed E-state index contributed by atoms with van der Waals surface area (Å²) in [5.74, 6) is 0.207. The van der Waals surface area contributed by atoms with Gasteiger partial charge in [0.15, 0.2) is 0 Å². The Labute approximate surface area is 70.4 Å². The quantitative estimate of drug-likeness (QED) is 0.636. The lowest BCUT2D eigenvalue weighted by Crippen LogP contribution is -2.21. The van der Waals surface area contributed by atoms with E-state index in [1.807, 2.05) is 0 Å². The Balaban J connectivity index is 0. The summed E-state index contributed by atoms with van der Waals surface area (Å²) in [6.45, 7) is 9.38. The van der Waals surface area contributed by atoms with E-state index in [0.29, 0.717) is 6.54 Å². The minimum absolute atomic E-state index is 0.207. The van der Waals surface area contributed by atoms with Crippen molar-refractivity contribution in [2.75, 3.05) is 13.1 Å². The first-order chi connectivity index (χ1) is 5.18. The fourth-order valence-electron chi connectivity index (χ4n) is 0.441. The molecule has 0 amide bonds. The molecule has 0 aliphatic heterocycles. The van der Waals surface area contributed by atoms with Gasteiger partial charge in [-0.3, -0.25) is 4.79 Å². The van der Waals surface area contributed by atoms with Crippen LogP contribution in [0.5, 0.6) is 0 Å². The van der Waals surface area contributed by atoms with Crippen molar-refractivity contribution < 1.29 is 4.79 Å². The van der Waals surface area contributed by atoms with Crippen molar-refractivity contribution in [3.63, 3.8) is 0 Å². The van der Waals surface area contributed by atoms with Crippen molar-refractivity contribution in [2.45, 2.75) is 40.5 Å². The molecule has 0 aromatic carbocycles. The first-order valence-corrected chi connectivity index (χ1v) is 4.39. The molecular weight excluding hydrogens is 138 g/mol. The third-order valence-electron chi connectivity index (χ3n) is 0.801. The molecule has 2 heteroatoms. The molecule has 1 N–H and O–H groups in total. The van der Waals surface area contributed by atoms with Crippen molar-refractivity contribution >= 4 is 5.78 Å². The minimum atomic E-state index is 0.207. The lowest BCUT2D eigenvalue weighted by molar-refractivity contribution is -0.116. The molecule has 0 atom stereocenters. The standard InChI is InChI=1S/C6H13NO.C3H8/c1-3-4-7-5-6(2)8;1-3-2/h7H,3-5H2,1-2H3;3H2,1-2H3. The van der Waals surface area contributed by atoms with E-state index in [1.165, 1.54) is 6.42 Å². The normalized spacial score (nSPS) is 8.36. The number of hydrogen-bond donors (Lipinski definition) is 1. The number of hydrogen-bond acceptors (Lipinski definition) is 2. The van der Waals surface area contributed by atoms with Crippen LogP contribution in [0.3, 0.4) is 0 Å². The van der Waals surface area contributed by atoms with Crippen LogP contribution in [-0.2, 0) is 4.79 Å². The van der Waals surface area contributed by atoms with Gasteiger partial charge in [0.1, 0.15) is 5.78 Å². The second kappa shape index (κ2) is 12.3. The van der Waals surface area contributed by atoms with Gasteiger partial charge in [0.05, 0.1) is 6.54 Å². The van der Waals surface area contributed by atoms with E-state index in [4.69, 9.17) is 0 Å². The third kappa shape index (κ3) is 26.2. The van der Waals surface area contributed by atoms with Gasteiger partial charge in [-0.15, -0.1) is 0 Å². The molecule has 68 valence electrons. The van der Waals surface area contributed by atoms with Crippen molar-refractivity contribution in [3.8, 4) is 0 Å². The summed E-state index contributed by atoms with van der Waals surface area (Å²) >= 11 is 0. The molecule has 0 aliphatic rings. The molecular formula is C9H21NO. The molecule has 0 aliphatic carbocycles. The molecule has 0 rings (SSSR count). The minimum Gasteiger partial charge on any atom is -0.310 e. The van der Waals surface area contributed by atoms with Gasteiger partial charge in [0.25, 0.3) is 0 Å². The predicted molar refractivity (Wildman–Crippen MR) is 49.8 cm³/mol. The average molecular weight is 159 g/mol. The van der Waals surface area contributed by atoms with Gasteiger partial charge in [-0.25, -0.2) is 0 Å². The maximum absolute atomic E-state index is 10.3. The van der Waals surface area contributed by atoms with E-state index < -0.39 is 0 Å². The Bertz CT molecular complexity index is 81.6. The zero-order valence-corrected chi connectivity index (χ0v) is 8.24. The first kappa shape index (κ1) is 13.2. The summed E-state index contributed by atoms with van der Waals surface area (Å²) in [4.78, 5) is 10.3. The van der Waals surface area contributed by atoms with E-state index >= 15 is 0 Å². The van der Waals surface area contributed by atoms with E-state index in [9.17, 15) is 4.79 Å². The Morgan fingerprint density at radius 1 is 1.27 bits per heavy atom. The molecule has 0 bridgehead atoms. The van der Waals surface area contributed by atoms with E-state index in [-0.39, 0.29) is 5.78 Å². The maximum atomic E-state index is 10.3. The highest BCUT2D eigenvalue weighted by Crippen LogP contribution is 1.69. The highest BCUT2D eigenvalue weighted by Gasteiger charge is 1.87. The van der Waals surface area contributed by atoms with Crippen LogP contribution in [0.2, 0.25) is 0 Å². The van der Waals surface area contributed by atoms with Crippen molar-refractivity contribution in [2.24, 2.45) is 0 Å². The summed E-state index contributed by atoms with van der Waals surface area (Å²) in [6.07, 6.45) is 2.34. The number of carbonyl (C=O) groups excluding carboxylic acids is 1. The van der Waals surface area contributed by atoms with Crippen LogP contribution in [-0.4, -0.2) is 18.9 Å². The van der Waals surface area contributed by atoms with E-state index in [2.05, 4.69) is 26.1 Å². The van der Waals surface area contributed by atoms with Crippen LogP contribution in [0.1, 0.15) is 40.5 Å². The summed E-state index contributed by atoms with van der Waals surface area (Å²) in [5.41, 5.74) is 0. The molecule has 0 unspecified atom stereocenters. The zero-order valence-electron chi connectivity index (χ0n) is 8.24. The molecule has 0 aromatic heterocycles. The highest BCUT2D eigenvalue weighted by molar-refractivity contribution is 5.77. The Morgan fingerprint density at radius 3 is 2.00 bits per heavy atom. The van der Waals surface area contributed by atoms with E-state index in [0.717, 1.165) is 13.0 Å². The maximum Gasteiger partial charge on any atom is 0.143 e. The number of nitrogens with one attached hydrogen (secondary N) is 1. The van der Waals surface area contributed by atoms with Gasteiger partial charge in [-0.05, 0) is 19.9 Å². The zero-order chi connectivity index (χ0) is 9.11. The largest absolute Gasteiger partial charge is 0.310 e. The first-order valence-electron chi connectivity index (χ1n) is 4.39. The summed E-state index contributed by atoms with van der Waals surface area (Å²) in [5, 5.41) is 2.98. The van der Waals surface area contributed by atoms with Gasteiger partial charge in [-0.1, -0.05) is 27.2 Å². The van der Waals surface area contributed by atoms with Gasteiger partial charge >= 0.3 is 0 Å². The molecule has 0 fully saturated rings. The number of Topliss-reactive ketones (excluding diaryl/α,β-unsaturated/α-hetero) is 1. The SMILES string of the molecule is CCC.CCCNCC(C)=O. The number of rotatable bonds is 4. The monoisotopic (exact) mass is 159 g/mol. The molecule has 2 nitrogen and oxygen atoms in total. The molecule has 0 spiro atoms. The number of ketones is 1. The lowest BCUT2D eigenvalue weighted by Gasteiger charge is -1.95.